The monoisotopic (exact) mass is 622 g/mol. The molecule has 6 aromatic carbocycles. The van der Waals surface area contributed by atoms with Crippen LogP contribution >= 0.6 is 11.8 Å². The first kappa shape index (κ1) is 28.3. The van der Waals surface area contributed by atoms with Crippen LogP contribution in [-0.4, -0.2) is 9.97 Å². The van der Waals surface area contributed by atoms with Gasteiger partial charge >= 0.3 is 0 Å². The number of benzene rings is 6. The molecule has 1 fully saturated rings. The third-order valence-electron chi connectivity index (χ3n) is 10.1. The lowest BCUT2D eigenvalue weighted by molar-refractivity contribution is 0.335. The standard InChI is InChI=1S/C44H34N2S/c1-3-12-31(13-4-1)42-36-16-5-7-18-39(36)45-43(46-42)32-22-20-30(21-23-32)33-14-11-15-34(28-33)35-24-25-41-38(29-35)44(26-9-2-10-27-44)37-17-6-8-19-40(37)47-41/h1,3-8,11-25,28-29H,2,9-10,26-27H2. The maximum atomic E-state index is 5.07. The van der Waals surface area contributed by atoms with E-state index in [0.29, 0.717) is 0 Å². The topological polar surface area (TPSA) is 25.8 Å². The summed E-state index contributed by atoms with van der Waals surface area (Å²) in [4.78, 5) is 12.9. The van der Waals surface area contributed by atoms with Gasteiger partial charge in [0.05, 0.1) is 11.2 Å². The van der Waals surface area contributed by atoms with Gasteiger partial charge in [0.1, 0.15) is 0 Å². The molecule has 7 aromatic rings. The van der Waals surface area contributed by atoms with Crippen LogP contribution in [0.1, 0.15) is 43.2 Å². The molecule has 2 aliphatic rings. The minimum absolute atomic E-state index is 0.129. The predicted molar refractivity (Wildman–Crippen MR) is 196 cm³/mol. The summed E-state index contributed by atoms with van der Waals surface area (Å²) < 4.78 is 0. The minimum atomic E-state index is 0.129. The summed E-state index contributed by atoms with van der Waals surface area (Å²) in [6, 6.07) is 52.7. The van der Waals surface area contributed by atoms with Crippen LogP contribution in [-0.2, 0) is 5.41 Å². The van der Waals surface area contributed by atoms with Gasteiger partial charge in [0.15, 0.2) is 5.82 Å². The second-order valence-electron chi connectivity index (χ2n) is 12.9. The summed E-state index contributed by atoms with van der Waals surface area (Å²) in [6.07, 6.45) is 6.41. The van der Waals surface area contributed by atoms with Crippen molar-refractivity contribution in [3.63, 3.8) is 0 Å². The molecular weight excluding hydrogens is 589 g/mol. The van der Waals surface area contributed by atoms with Crippen LogP contribution in [0.3, 0.4) is 0 Å². The number of hydrogen-bond acceptors (Lipinski definition) is 3. The van der Waals surface area contributed by atoms with Crippen molar-refractivity contribution >= 4 is 22.7 Å². The molecule has 0 amide bonds. The molecule has 47 heavy (non-hydrogen) atoms. The fourth-order valence-corrected chi connectivity index (χ4v) is 9.05. The summed E-state index contributed by atoms with van der Waals surface area (Å²) in [5, 5.41) is 1.07. The van der Waals surface area contributed by atoms with E-state index in [1.165, 1.54) is 75.3 Å². The summed E-state index contributed by atoms with van der Waals surface area (Å²) in [7, 11) is 0. The largest absolute Gasteiger partial charge is 0.228 e. The normalized spacial score (nSPS) is 14.9. The molecule has 1 aliphatic carbocycles. The molecule has 2 nitrogen and oxygen atoms in total. The van der Waals surface area contributed by atoms with Gasteiger partial charge in [0.25, 0.3) is 0 Å². The van der Waals surface area contributed by atoms with E-state index in [1.807, 2.05) is 23.9 Å². The highest BCUT2D eigenvalue weighted by Gasteiger charge is 2.41. The zero-order valence-electron chi connectivity index (χ0n) is 26.2. The van der Waals surface area contributed by atoms with E-state index in [4.69, 9.17) is 9.97 Å². The Morgan fingerprint density at radius 2 is 1.09 bits per heavy atom. The number of fused-ring (bicyclic) bond motifs is 5. The van der Waals surface area contributed by atoms with Crippen LogP contribution in [0, 0.1) is 0 Å². The van der Waals surface area contributed by atoms with E-state index in [2.05, 4.69) is 133 Å². The molecule has 1 spiro atoms. The van der Waals surface area contributed by atoms with Gasteiger partial charge < -0.3 is 0 Å². The van der Waals surface area contributed by atoms with Crippen molar-refractivity contribution in [1.82, 2.24) is 9.97 Å². The first-order valence-corrected chi connectivity index (χ1v) is 17.5. The van der Waals surface area contributed by atoms with Crippen LogP contribution in [0.5, 0.6) is 0 Å². The van der Waals surface area contributed by atoms with Crippen LogP contribution < -0.4 is 0 Å². The number of hydrogen-bond donors (Lipinski definition) is 0. The first-order valence-electron chi connectivity index (χ1n) is 16.7. The molecule has 1 aliphatic heterocycles. The Balaban J connectivity index is 1.06. The molecule has 0 radical (unpaired) electrons. The highest BCUT2D eigenvalue weighted by atomic mass is 32.2. The Labute approximate surface area is 280 Å². The molecule has 9 rings (SSSR count). The summed E-state index contributed by atoms with van der Waals surface area (Å²) in [5.74, 6) is 0.744. The molecule has 0 saturated heterocycles. The number of nitrogens with zero attached hydrogens (tertiary/aromatic N) is 2. The maximum Gasteiger partial charge on any atom is 0.160 e. The van der Waals surface area contributed by atoms with Gasteiger partial charge in [-0.05, 0) is 76.6 Å². The van der Waals surface area contributed by atoms with E-state index >= 15 is 0 Å². The average molecular weight is 623 g/mol. The molecular formula is C44H34N2S. The Hall–Kier alpha value is -4.99. The smallest absolute Gasteiger partial charge is 0.160 e. The van der Waals surface area contributed by atoms with Crippen LogP contribution in [0.25, 0.3) is 55.8 Å². The van der Waals surface area contributed by atoms with Gasteiger partial charge in [0.2, 0.25) is 0 Å². The number of rotatable bonds is 4. The zero-order valence-corrected chi connectivity index (χ0v) is 27.0. The van der Waals surface area contributed by atoms with Crippen molar-refractivity contribution in [3.05, 3.63) is 157 Å². The maximum absolute atomic E-state index is 5.07. The van der Waals surface area contributed by atoms with Gasteiger partial charge in [-0.2, -0.15) is 0 Å². The quantitative estimate of drug-likeness (QED) is 0.195. The summed E-state index contributed by atoms with van der Waals surface area (Å²) in [5.41, 5.74) is 12.2. The molecule has 1 aromatic heterocycles. The predicted octanol–water partition coefficient (Wildman–Crippen LogP) is 12.0. The molecule has 226 valence electrons. The zero-order chi connectivity index (χ0) is 31.2. The van der Waals surface area contributed by atoms with Crippen molar-refractivity contribution in [2.45, 2.75) is 47.3 Å². The van der Waals surface area contributed by atoms with Crippen molar-refractivity contribution in [3.8, 4) is 44.9 Å². The lowest BCUT2D eigenvalue weighted by Gasteiger charge is -2.43. The van der Waals surface area contributed by atoms with E-state index in [0.717, 1.165) is 33.5 Å². The first-order chi connectivity index (χ1) is 23.2. The van der Waals surface area contributed by atoms with Gasteiger partial charge in [-0.1, -0.05) is 146 Å². The van der Waals surface area contributed by atoms with E-state index in [9.17, 15) is 0 Å². The average Bonchev–Trinajstić information content (AvgIpc) is 3.15. The van der Waals surface area contributed by atoms with Crippen LogP contribution in [0.2, 0.25) is 0 Å². The third kappa shape index (κ3) is 4.97. The molecule has 2 heterocycles. The summed E-state index contributed by atoms with van der Waals surface area (Å²) in [6.45, 7) is 0. The lowest BCUT2D eigenvalue weighted by Crippen LogP contribution is -2.33. The number of aromatic nitrogens is 2. The fourth-order valence-electron chi connectivity index (χ4n) is 7.79. The molecule has 0 atom stereocenters. The highest BCUT2D eigenvalue weighted by Crippen LogP contribution is 2.56. The summed E-state index contributed by atoms with van der Waals surface area (Å²) >= 11 is 1.94. The van der Waals surface area contributed by atoms with Crippen molar-refractivity contribution in [2.75, 3.05) is 0 Å². The molecule has 3 heteroatoms. The highest BCUT2D eigenvalue weighted by molar-refractivity contribution is 7.99. The number of para-hydroxylation sites is 1. The van der Waals surface area contributed by atoms with Crippen molar-refractivity contribution in [1.29, 1.82) is 0 Å². The Morgan fingerprint density at radius 1 is 0.447 bits per heavy atom. The van der Waals surface area contributed by atoms with Gasteiger partial charge in [0, 0.05) is 31.7 Å². The van der Waals surface area contributed by atoms with Crippen molar-refractivity contribution < 1.29 is 0 Å². The van der Waals surface area contributed by atoms with Crippen molar-refractivity contribution in [2.24, 2.45) is 0 Å². The molecule has 0 unspecified atom stereocenters. The molecule has 1 saturated carbocycles. The Bertz CT molecular complexity index is 2250. The van der Waals surface area contributed by atoms with Gasteiger partial charge in [-0.25, -0.2) is 9.97 Å². The van der Waals surface area contributed by atoms with Gasteiger partial charge in [-0.3, -0.25) is 0 Å². The van der Waals surface area contributed by atoms with E-state index < -0.39 is 0 Å². The van der Waals surface area contributed by atoms with Crippen LogP contribution in [0.4, 0.5) is 0 Å². The fraction of sp³-hybridized carbons (Fsp3) is 0.136. The lowest BCUT2D eigenvalue weighted by atomic mass is 9.64. The van der Waals surface area contributed by atoms with E-state index in [-0.39, 0.29) is 5.41 Å². The third-order valence-corrected chi connectivity index (χ3v) is 11.3. The molecule has 0 bridgehead atoms. The Morgan fingerprint density at radius 3 is 1.94 bits per heavy atom. The Kier molecular flexibility index (Phi) is 7.01. The SMILES string of the molecule is c1ccc(-c2nc(-c3ccc(-c4cccc(-c5ccc6c(c5)C5(CCCCC5)c5ccccc5S6)c4)cc3)nc3ccccc23)cc1. The molecule has 0 N–H and O–H groups in total. The van der Waals surface area contributed by atoms with Gasteiger partial charge in [-0.15, -0.1) is 0 Å². The van der Waals surface area contributed by atoms with Crippen LogP contribution in [0.15, 0.2) is 155 Å². The minimum Gasteiger partial charge on any atom is -0.228 e. The second-order valence-corrected chi connectivity index (χ2v) is 14.0. The van der Waals surface area contributed by atoms with E-state index in [1.54, 1.807) is 0 Å². The second kappa shape index (κ2) is 11.7.